The van der Waals surface area contributed by atoms with Crippen LogP contribution < -0.4 is 10.5 Å². The van der Waals surface area contributed by atoms with Crippen LogP contribution in [0.25, 0.3) is 0 Å². The smallest absolute Gasteiger partial charge is 0.387 e. The van der Waals surface area contributed by atoms with Gasteiger partial charge in [0.05, 0.1) is 11.6 Å². The van der Waals surface area contributed by atoms with Crippen LogP contribution in [0.2, 0.25) is 0 Å². The summed E-state index contributed by atoms with van der Waals surface area (Å²) in [5.74, 6) is -2.93. The van der Waals surface area contributed by atoms with Gasteiger partial charge >= 0.3 is 12.6 Å². The molecular formula is C14H12F2N2O4. The van der Waals surface area contributed by atoms with Crippen LogP contribution >= 0.6 is 0 Å². The summed E-state index contributed by atoms with van der Waals surface area (Å²) in [6, 6.07) is 6.36. The number of esters is 1. The largest absolute Gasteiger partial charge is 0.454 e. The molecule has 8 heteroatoms. The maximum absolute atomic E-state index is 12.0. The zero-order chi connectivity index (χ0) is 16.7. The fourth-order valence-electron chi connectivity index (χ4n) is 1.44. The van der Waals surface area contributed by atoms with Crippen LogP contribution in [-0.4, -0.2) is 25.0 Å². The molecule has 0 bridgehead atoms. The van der Waals surface area contributed by atoms with E-state index in [9.17, 15) is 18.4 Å². The zero-order valence-corrected chi connectivity index (χ0v) is 11.3. The van der Waals surface area contributed by atoms with Gasteiger partial charge in [-0.05, 0) is 24.3 Å². The third-order valence-corrected chi connectivity index (χ3v) is 2.48. The Balaban J connectivity index is 2.61. The molecule has 0 aromatic heterocycles. The minimum atomic E-state index is -2.97. The summed E-state index contributed by atoms with van der Waals surface area (Å²) in [6.45, 7) is -0.335. The van der Waals surface area contributed by atoms with Crippen LogP contribution in [0.3, 0.4) is 0 Å². The molecule has 0 saturated heterocycles. The predicted octanol–water partition coefficient (Wildman–Crippen LogP) is 1.63. The number of benzene rings is 1. The Labute approximate surface area is 124 Å². The predicted molar refractivity (Wildman–Crippen MR) is 70.8 cm³/mol. The molecule has 0 radical (unpaired) electrons. The van der Waals surface area contributed by atoms with Crippen LogP contribution in [0.1, 0.15) is 10.4 Å². The first-order valence-electron chi connectivity index (χ1n) is 5.93. The van der Waals surface area contributed by atoms with Crippen molar-refractivity contribution < 1.29 is 27.8 Å². The SMILES string of the molecule is C=C(N)[C@@H](C#N)C(=O)COC(=O)c1ccc(OC(F)F)cc1. The topological polar surface area (TPSA) is 102 Å². The van der Waals surface area contributed by atoms with E-state index >= 15 is 0 Å². The van der Waals surface area contributed by atoms with Gasteiger partial charge in [0.1, 0.15) is 11.7 Å². The van der Waals surface area contributed by atoms with Gasteiger partial charge in [0.25, 0.3) is 0 Å². The van der Waals surface area contributed by atoms with Crippen molar-refractivity contribution in [1.82, 2.24) is 0 Å². The average Bonchev–Trinajstić information content (AvgIpc) is 2.45. The van der Waals surface area contributed by atoms with E-state index in [1.54, 1.807) is 6.07 Å². The van der Waals surface area contributed by atoms with Crippen molar-refractivity contribution in [3.05, 3.63) is 42.1 Å². The zero-order valence-electron chi connectivity index (χ0n) is 11.3. The fraction of sp³-hybridized carbons (Fsp3) is 0.214. The Bertz CT molecular complexity index is 608. The molecule has 0 saturated carbocycles. The number of nitrogens with zero attached hydrogens (tertiary/aromatic N) is 1. The van der Waals surface area contributed by atoms with Gasteiger partial charge in [-0.15, -0.1) is 0 Å². The molecule has 1 rings (SSSR count). The number of hydrogen-bond donors (Lipinski definition) is 1. The van der Waals surface area contributed by atoms with E-state index in [0.717, 1.165) is 12.1 Å². The summed E-state index contributed by atoms with van der Waals surface area (Å²) >= 11 is 0. The molecule has 0 unspecified atom stereocenters. The molecule has 2 N–H and O–H groups in total. The third-order valence-electron chi connectivity index (χ3n) is 2.48. The minimum Gasteiger partial charge on any atom is -0.454 e. The second-order valence-electron chi connectivity index (χ2n) is 4.08. The first-order valence-corrected chi connectivity index (χ1v) is 5.93. The molecule has 1 atom stereocenters. The number of nitrogens with two attached hydrogens (primary N) is 1. The number of carbonyl (C=O) groups excluding carboxylic acids is 2. The lowest BCUT2D eigenvalue weighted by Gasteiger charge is -2.09. The lowest BCUT2D eigenvalue weighted by Crippen LogP contribution is -2.25. The highest BCUT2D eigenvalue weighted by molar-refractivity contribution is 5.93. The molecule has 6 nitrogen and oxygen atoms in total. The average molecular weight is 310 g/mol. The summed E-state index contributed by atoms with van der Waals surface area (Å²) in [5.41, 5.74) is 5.16. The molecule has 0 fully saturated rings. The standard InChI is InChI=1S/C14H12F2N2O4/c1-8(18)11(6-17)12(19)7-21-13(20)9-2-4-10(5-3-9)22-14(15)16/h2-5,11,14H,1,7,18H2/t11-/m1/s1. The molecule has 1 aromatic rings. The molecule has 0 amide bonds. The van der Waals surface area contributed by atoms with Crippen molar-refractivity contribution in [3.63, 3.8) is 0 Å². The van der Waals surface area contributed by atoms with Crippen LogP contribution in [0.5, 0.6) is 5.75 Å². The first kappa shape index (κ1) is 17.1. The molecule has 0 aliphatic heterocycles. The first-order chi connectivity index (χ1) is 10.3. The molecule has 0 aliphatic rings. The highest BCUT2D eigenvalue weighted by Gasteiger charge is 2.21. The Morgan fingerprint density at radius 3 is 2.36 bits per heavy atom. The molecule has 0 aliphatic carbocycles. The molecule has 0 spiro atoms. The highest BCUT2D eigenvalue weighted by atomic mass is 19.3. The molecule has 0 heterocycles. The second kappa shape index (κ2) is 7.73. The maximum Gasteiger partial charge on any atom is 0.387 e. The number of alkyl halides is 2. The van der Waals surface area contributed by atoms with E-state index in [-0.39, 0.29) is 17.0 Å². The number of Topliss-reactive ketones (excluding diaryl/α,β-unsaturated/α-hetero) is 1. The normalized spacial score (nSPS) is 11.4. The van der Waals surface area contributed by atoms with E-state index in [2.05, 4.69) is 11.3 Å². The summed E-state index contributed by atoms with van der Waals surface area (Å²) in [6.07, 6.45) is 0. The fourth-order valence-corrected chi connectivity index (χ4v) is 1.44. The lowest BCUT2D eigenvalue weighted by molar-refractivity contribution is -0.123. The minimum absolute atomic E-state index is 0.0366. The summed E-state index contributed by atoms with van der Waals surface area (Å²) in [7, 11) is 0. The number of halogens is 2. The van der Waals surface area contributed by atoms with Crippen molar-refractivity contribution >= 4 is 11.8 Å². The number of nitriles is 1. The van der Waals surface area contributed by atoms with Crippen molar-refractivity contribution in [1.29, 1.82) is 5.26 Å². The van der Waals surface area contributed by atoms with Crippen LogP contribution in [-0.2, 0) is 9.53 Å². The van der Waals surface area contributed by atoms with Gasteiger partial charge in [-0.1, -0.05) is 6.58 Å². The number of allylic oxidation sites excluding steroid dienone is 1. The van der Waals surface area contributed by atoms with Crippen LogP contribution in [0, 0.1) is 17.2 Å². The van der Waals surface area contributed by atoms with Crippen molar-refractivity contribution in [2.24, 2.45) is 11.7 Å². The van der Waals surface area contributed by atoms with E-state index < -0.39 is 30.9 Å². The number of ether oxygens (including phenoxy) is 2. The molecule has 116 valence electrons. The quantitative estimate of drug-likeness (QED) is 0.768. The number of hydrogen-bond acceptors (Lipinski definition) is 6. The second-order valence-corrected chi connectivity index (χ2v) is 4.08. The lowest BCUT2D eigenvalue weighted by atomic mass is 10.0. The molecule has 22 heavy (non-hydrogen) atoms. The van der Waals surface area contributed by atoms with E-state index in [1.807, 2.05) is 0 Å². The van der Waals surface area contributed by atoms with Crippen molar-refractivity contribution in [2.75, 3.05) is 6.61 Å². The van der Waals surface area contributed by atoms with Crippen LogP contribution in [0.15, 0.2) is 36.5 Å². The summed E-state index contributed by atoms with van der Waals surface area (Å²) < 4.78 is 32.8. The van der Waals surface area contributed by atoms with E-state index in [0.29, 0.717) is 0 Å². The van der Waals surface area contributed by atoms with Crippen molar-refractivity contribution in [2.45, 2.75) is 6.61 Å². The Hall–Kier alpha value is -2.95. The number of rotatable bonds is 7. The Kier molecular flexibility index (Phi) is 6.01. The Morgan fingerprint density at radius 2 is 1.91 bits per heavy atom. The molecular weight excluding hydrogens is 298 g/mol. The Morgan fingerprint density at radius 1 is 1.32 bits per heavy atom. The van der Waals surface area contributed by atoms with Gasteiger partial charge in [-0.25, -0.2) is 4.79 Å². The van der Waals surface area contributed by atoms with Gasteiger partial charge in [-0.2, -0.15) is 14.0 Å². The van der Waals surface area contributed by atoms with Gasteiger partial charge < -0.3 is 15.2 Å². The van der Waals surface area contributed by atoms with Gasteiger partial charge in [-0.3, -0.25) is 4.79 Å². The highest BCUT2D eigenvalue weighted by Crippen LogP contribution is 2.15. The maximum atomic E-state index is 12.0. The van der Waals surface area contributed by atoms with Gasteiger partial charge in [0, 0.05) is 5.70 Å². The van der Waals surface area contributed by atoms with Crippen LogP contribution in [0.4, 0.5) is 8.78 Å². The van der Waals surface area contributed by atoms with E-state index in [1.165, 1.54) is 12.1 Å². The van der Waals surface area contributed by atoms with Crippen molar-refractivity contribution in [3.8, 4) is 11.8 Å². The summed E-state index contributed by atoms with van der Waals surface area (Å²) in [4.78, 5) is 23.2. The van der Waals surface area contributed by atoms with E-state index in [4.69, 9.17) is 15.7 Å². The number of ketones is 1. The monoisotopic (exact) mass is 310 g/mol. The number of carbonyl (C=O) groups is 2. The van der Waals surface area contributed by atoms with Gasteiger partial charge in [0.15, 0.2) is 12.4 Å². The van der Waals surface area contributed by atoms with Gasteiger partial charge in [0.2, 0.25) is 0 Å². The third kappa shape index (κ3) is 4.86. The molecule has 1 aromatic carbocycles. The summed E-state index contributed by atoms with van der Waals surface area (Å²) in [5, 5.41) is 8.72.